The Balaban J connectivity index is 2.18. The Morgan fingerprint density at radius 2 is 1.57 bits per heavy atom. The highest BCUT2D eigenvalue weighted by Crippen LogP contribution is 2.42. The van der Waals surface area contributed by atoms with Crippen LogP contribution in [0.4, 0.5) is 0 Å². The molecule has 0 aliphatic carbocycles. The van der Waals surface area contributed by atoms with Crippen molar-refractivity contribution in [3.8, 4) is 0 Å². The number of hydrogen-bond acceptors (Lipinski definition) is 5. The van der Waals surface area contributed by atoms with Gasteiger partial charge in [0.05, 0.1) is 26.4 Å². The minimum atomic E-state index is -0.714. The molecule has 0 radical (unpaired) electrons. The van der Waals surface area contributed by atoms with Gasteiger partial charge in [0.25, 0.3) is 0 Å². The van der Waals surface area contributed by atoms with Gasteiger partial charge >= 0.3 is 0 Å². The molecule has 5 heteroatoms. The van der Waals surface area contributed by atoms with Gasteiger partial charge in [0.15, 0.2) is 5.79 Å². The molecule has 2 aliphatic rings. The van der Waals surface area contributed by atoms with E-state index < -0.39 is 5.79 Å². The van der Waals surface area contributed by atoms with Crippen molar-refractivity contribution >= 4 is 11.8 Å². The van der Waals surface area contributed by atoms with Crippen molar-refractivity contribution < 1.29 is 19.7 Å². The Bertz CT molecular complexity index is 179. The molecule has 0 aromatic heterocycles. The van der Waals surface area contributed by atoms with Gasteiger partial charge in [-0.25, -0.2) is 0 Å². The molecule has 0 aromatic rings. The van der Waals surface area contributed by atoms with E-state index in [9.17, 15) is 10.2 Å². The Kier molecular flexibility index (Phi) is 3.34. The van der Waals surface area contributed by atoms with Crippen LogP contribution in [-0.4, -0.2) is 53.9 Å². The highest BCUT2D eigenvalue weighted by Gasteiger charge is 2.52. The molecule has 2 N–H and O–H groups in total. The highest BCUT2D eigenvalue weighted by atomic mass is 32.2. The van der Waals surface area contributed by atoms with E-state index in [4.69, 9.17) is 9.47 Å². The number of hydrogen-bond donors (Lipinski definition) is 2. The molecule has 4 nitrogen and oxygen atoms in total. The second-order valence-corrected chi connectivity index (χ2v) is 4.79. The summed E-state index contributed by atoms with van der Waals surface area (Å²) in [5, 5.41) is 18.5. The minimum absolute atomic E-state index is 0.0131. The second-order valence-electron chi connectivity index (χ2n) is 3.71. The summed E-state index contributed by atoms with van der Waals surface area (Å²) in [6, 6.07) is 0. The third-order valence-corrected chi connectivity index (χ3v) is 4.23. The highest BCUT2D eigenvalue weighted by molar-refractivity contribution is 7.99. The maximum atomic E-state index is 9.27. The van der Waals surface area contributed by atoms with Crippen LogP contribution in [0.2, 0.25) is 0 Å². The molecule has 1 spiro atoms. The van der Waals surface area contributed by atoms with Crippen LogP contribution in [0.3, 0.4) is 0 Å². The SMILES string of the molecule is OC[C@H]1CSC[C@H](CO)C12OCCO2. The van der Waals surface area contributed by atoms with Crippen molar-refractivity contribution in [2.24, 2.45) is 11.8 Å². The summed E-state index contributed by atoms with van der Waals surface area (Å²) in [7, 11) is 0. The molecule has 2 heterocycles. The van der Waals surface area contributed by atoms with E-state index in [0.717, 1.165) is 11.5 Å². The Labute approximate surface area is 87.6 Å². The Hall–Kier alpha value is 0.190. The third-order valence-electron chi connectivity index (χ3n) is 2.96. The van der Waals surface area contributed by atoms with Gasteiger partial charge in [-0.05, 0) is 0 Å². The lowest BCUT2D eigenvalue weighted by Gasteiger charge is -2.43. The predicted octanol–water partition coefficient (Wildman–Crippen LogP) is -0.307. The van der Waals surface area contributed by atoms with Crippen molar-refractivity contribution in [3.63, 3.8) is 0 Å². The van der Waals surface area contributed by atoms with E-state index in [1.807, 2.05) is 0 Å². The molecule has 2 rings (SSSR count). The van der Waals surface area contributed by atoms with E-state index in [1.54, 1.807) is 11.8 Å². The molecule has 14 heavy (non-hydrogen) atoms. The largest absolute Gasteiger partial charge is 0.396 e. The fraction of sp³-hybridized carbons (Fsp3) is 1.00. The Morgan fingerprint density at radius 1 is 1.07 bits per heavy atom. The Morgan fingerprint density at radius 3 is 2.00 bits per heavy atom. The van der Waals surface area contributed by atoms with Gasteiger partial charge in [0.2, 0.25) is 0 Å². The average Bonchev–Trinajstić information content (AvgIpc) is 2.68. The summed E-state index contributed by atoms with van der Waals surface area (Å²) in [5.41, 5.74) is 0. The van der Waals surface area contributed by atoms with E-state index in [-0.39, 0.29) is 25.0 Å². The summed E-state index contributed by atoms with van der Waals surface area (Å²) in [6.45, 7) is 1.25. The van der Waals surface area contributed by atoms with E-state index in [0.29, 0.717) is 13.2 Å². The van der Waals surface area contributed by atoms with Crippen LogP contribution < -0.4 is 0 Å². The molecule has 82 valence electrons. The summed E-state index contributed by atoms with van der Waals surface area (Å²) in [6.07, 6.45) is 0. The fourth-order valence-corrected chi connectivity index (χ4v) is 3.57. The lowest BCUT2D eigenvalue weighted by atomic mass is 9.89. The predicted molar refractivity (Wildman–Crippen MR) is 53.1 cm³/mol. The van der Waals surface area contributed by atoms with Crippen LogP contribution in [0.1, 0.15) is 0 Å². The van der Waals surface area contributed by atoms with Gasteiger partial charge in [-0.1, -0.05) is 0 Å². The van der Waals surface area contributed by atoms with Crippen LogP contribution in [0, 0.1) is 11.8 Å². The zero-order chi connectivity index (χ0) is 10.0. The molecule has 2 saturated heterocycles. The molecule has 0 aromatic carbocycles. The number of ether oxygens (including phenoxy) is 2. The van der Waals surface area contributed by atoms with Gasteiger partial charge in [-0.2, -0.15) is 11.8 Å². The molecule has 0 saturated carbocycles. The zero-order valence-corrected chi connectivity index (χ0v) is 8.83. The zero-order valence-electron chi connectivity index (χ0n) is 8.02. The van der Waals surface area contributed by atoms with Crippen molar-refractivity contribution in [1.82, 2.24) is 0 Å². The number of aliphatic hydroxyl groups excluding tert-OH is 2. The number of thioether (sulfide) groups is 1. The lowest BCUT2D eigenvalue weighted by molar-refractivity contribution is -0.236. The second kappa shape index (κ2) is 4.37. The summed E-state index contributed by atoms with van der Waals surface area (Å²) < 4.78 is 11.3. The quantitative estimate of drug-likeness (QED) is 0.669. The monoisotopic (exact) mass is 220 g/mol. The van der Waals surface area contributed by atoms with E-state index in [1.165, 1.54) is 0 Å². The smallest absolute Gasteiger partial charge is 0.180 e. The van der Waals surface area contributed by atoms with Gasteiger partial charge in [-0.15, -0.1) is 0 Å². The standard InChI is InChI=1S/C9H16O4S/c10-3-7-5-14-6-8(4-11)9(7)12-1-2-13-9/h7-8,10-11H,1-6H2/t7-,8-/m0/s1. The first-order valence-electron chi connectivity index (χ1n) is 4.91. The van der Waals surface area contributed by atoms with Crippen LogP contribution in [0.5, 0.6) is 0 Å². The van der Waals surface area contributed by atoms with Crippen LogP contribution in [0.25, 0.3) is 0 Å². The maximum absolute atomic E-state index is 9.27. The van der Waals surface area contributed by atoms with Crippen molar-refractivity contribution in [3.05, 3.63) is 0 Å². The number of aliphatic hydroxyl groups is 2. The van der Waals surface area contributed by atoms with E-state index in [2.05, 4.69) is 0 Å². The lowest BCUT2D eigenvalue weighted by Crippen LogP contribution is -2.53. The molecule has 0 bridgehead atoms. The normalized spacial score (nSPS) is 36.4. The molecular weight excluding hydrogens is 204 g/mol. The fourth-order valence-electron chi connectivity index (χ4n) is 2.19. The molecular formula is C9H16O4S. The first-order valence-corrected chi connectivity index (χ1v) is 6.06. The first-order chi connectivity index (χ1) is 6.83. The van der Waals surface area contributed by atoms with Crippen molar-refractivity contribution in [1.29, 1.82) is 0 Å². The molecule has 0 amide bonds. The number of rotatable bonds is 2. The molecule has 2 atom stereocenters. The van der Waals surface area contributed by atoms with E-state index >= 15 is 0 Å². The van der Waals surface area contributed by atoms with Crippen LogP contribution in [0.15, 0.2) is 0 Å². The molecule has 2 aliphatic heterocycles. The van der Waals surface area contributed by atoms with Gasteiger partial charge < -0.3 is 19.7 Å². The van der Waals surface area contributed by atoms with Gasteiger partial charge in [0.1, 0.15) is 0 Å². The maximum Gasteiger partial charge on any atom is 0.180 e. The molecule has 2 fully saturated rings. The summed E-state index contributed by atoms with van der Waals surface area (Å²) in [4.78, 5) is 0. The van der Waals surface area contributed by atoms with Gasteiger partial charge in [0, 0.05) is 23.3 Å². The average molecular weight is 220 g/mol. The summed E-state index contributed by atoms with van der Waals surface area (Å²) in [5.74, 6) is 0.941. The van der Waals surface area contributed by atoms with Crippen LogP contribution in [-0.2, 0) is 9.47 Å². The third kappa shape index (κ3) is 1.57. The molecule has 0 unspecified atom stereocenters. The summed E-state index contributed by atoms with van der Waals surface area (Å²) >= 11 is 1.74. The van der Waals surface area contributed by atoms with Crippen molar-refractivity contribution in [2.75, 3.05) is 37.9 Å². The van der Waals surface area contributed by atoms with Crippen LogP contribution >= 0.6 is 11.8 Å². The topological polar surface area (TPSA) is 58.9 Å². The first kappa shape index (κ1) is 10.7. The minimum Gasteiger partial charge on any atom is -0.396 e. The van der Waals surface area contributed by atoms with Gasteiger partial charge in [-0.3, -0.25) is 0 Å². The van der Waals surface area contributed by atoms with Crippen molar-refractivity contribution in [2.45, 2.75) is 5.79 Å².